The number of rotatable bonds is 18. The van der Waals surface area contributed by atoms with Crippen molar-refractivity contribution in [2.45, 2.75) is 260 Å². The number of fused-ring (bicyclic) bond motifs is 10. The number of hydrogen-bond donors (Lipinski definition) is 0. The minimum absolute atomic E-state index is 0.115. The van der Waals surface area contributed by atoms with Gasteiger partial charge in [-0.2, -0.15) is 0 Å². The van der Waals surface area contributed by atoms with E-state index in [0.717, 1.165) is 85.9 Å². The molecular formula is C60H96O4. The minimum Gasteiger partial charge on any atom is -0.459 e. The van der Waals surface area contributed by atoms with Gasteiger partial charge in [-0.15, -0.1) is 0 Å². The molecule has 0 saturated heterocycles. The summed E-state index contributed by atoms with van der Waals surface area (Å²) in [6, 6.07) is 0. The zero-order chi connectivity index (χ0) is 45.3. The molecule has 0 aliphatic heterocycles. The molecule has 64 heavy (non-hydrogen) atoms. The second-order valence-corrected chi connectivity index (χ2v) is 25.1. The Bertz CT molecular complexity index is 1610. The Kier molecular flexibility index (Phi) is 15.5. The van der Waals surface area contributed by atoms with Crippen molar-refractivity contribution < 1.29 is 19.1 Å². The quantitative estimate of drug-likeness (QED) is 0.0596. The fraction of sp³-hybridized carbons (Fsp3) is 0.867. The van der Waals surface area contributed by atoms with Crippen molar-refractivity contribution in [2.75, 3.05) is 0 Å². The molecule has 0 aromatic rings. The Labute approximate surface area is 393 Å². The molecule has 6 saturated carbocycles. The van der Waals surface area contributed by atoms with E-state index in [1.165, 1.54) is 154 Å². The molecule has 0 N–H and O–H groups in total. The molecule has 8 aliphatic rings. The van der Waals surface area contributed by atoms with Gasteiger partial charge in [-0.3, -0.25) is 0 Å². The summed E-state index contributed by atoms with van der Waals surface area (Å²) in [5.74, 6) is 6.05. The first-order valence-corrected chi connectivity index (χ1v) is 28.2. The van der Waals surface area contributed by atoms with E-state index < -0.39 is 0 Å². The Balaban J connectivity index is 0.815. The van der Waals surface area contributed by atoms with Crippen molar-refractivity contribution >= 4 is 11.9 Å². The van der Waals surface area contributed by atoms with Gasteiger partial charge in [-0.25, -0.2) is 9.59 Å². The van der Waals surface area contributed by atoms with Crippen molar-refractivity contribution in [1.29, 1.82) is 0 Å². The SMILES string of the molecule is CCCCCCCC[C@H]1CC[C@@H]2[C@@H]3CC=C4C[C@H](OC(=O)/C(C)=C(\C)C(=O)O[C@H]5CC[C@@]6(C)C(=CC[C@H]7[C@@H]8CC[C@H](CCCCCCCC)[C@@]8(C)CC[C@@H]76)C5)CC[C@@]4(C)[C@H]3CC[C@@]12C. The molecule has 0 heterocycles. The van der Waals surface area contributed by atoms with E-state index in [1.54, 1.807) is 25.0 Å². The van der Waals surface area contributed by atoms with Crippen molar-refractivity contribution in [3.63, 3.8) is 0 Å². The van der Waals surface area contributed by atoms with Crippen LogP contribution in [0.2, 0.25) is 0 Å². The zero-order valence-corrected chi connectivity index (χ0v) is 42.8. The summed E-state index contributed by atoms with van der Waals surface area (Å²) < 4.78 is 12.5. The van der Waals surface area contributed by atoms with Crippen LogP contribution in [0.15, 0.2) is 34.4 Å². The first-order valence-electron chi connectivity index (χ1n) is 28.2. The van der Waals surface area contributed by atoms with Crippen molar-refractivity contribution in [3.8, 4) is 0 Å². The summed E-state index contributed by atoms with van der Waals surface area (Å²) >= 11 is 0. The number of unbranched alkanes of at least 4 members (excludes halogenated alkanes) is 10. The highest BCUT2D eigenvalue weighted by molar-refractivity contribution is 5.99. The number of carbonyl (C=O) groups is 2. The smallest absolute Gasteiger partial charge is 0.334 e. The van der Waals surface area contributed by atoms with Crippen LogP contribution >= 0.6 is 0 Å². The summed E-state index contributed by atoms with van der Waals surface area (Å²) in [4.78, 5) is 27.4. The molecular weight excluding hydrogens is 785 g/mol. The van der Waals surface area contributed by atoms with E-state index in [-0.39, 0.29) is 35.0 Å². The monoisotopic (exact) mass is 881 g/mol. The zero-order valence-electron chi connectivity index (χ0n) is 42.8. The molecule has 0 amide bonds. The highest BCUT2D eigenvalue weighted by atomic mass is 16.5. The van der Waals surface area contributed by atoms with Crippen LogP contribution in [-0.2, 0) is 19.1 Å². The highest BCUT2D eigenvalue weighted by Crippen LogP contribution is 2.68. The molecule has 360 valence electrons. The Hall–Kier alpha value is -1.84. The van der Waals surface area contributed by atoms with Crippen LogP contribution in [0, 0.1) is 69.0 Å². The first kappa shape index (κ1) is 48.6. The second kappa shape index (κ2) is 20.4. The van der Waals surface area contributed by atoms with Gasteiger partial charge in [0, 0.05) is 24.0 Å². The molecule has 4 heteroatoms. The maximum Gasteiger partial charge on any atom is 0.334 e. The van der Waals surface area contributed by atoms with Crippen molar-refractivity contribution in [1.82, 2.24) is 0 Å². The molecule has 0 aromatic heterocycles. The number of carbonyl (C=O) groups excluding carboxylic acids is 2. The molecule has 0 unspecified atom stereocenters. The first-order chi connectivity index (χ1) is 30.8. The van der Waals surface area contributed by atoms with Gasteiger partial charge in [-0.05, 0) is 186 Å². The normalized spacial score (nSPS) is 41.5. The highest BCUT2D eigenvalue weighted by Gasteiger charge is 2.60. The number of allylic oxidation sites excluding steroid dienone is 2. The molecule has 8 aliphatic carbocycles. The lowest BCUT2D eigenvalue weighted by molar-refractivity contribution is -0.150. The largest absolute Gasteiger partial charge is 0.459 e. The Morgan fingerprint density at radius 2 is 0.891 bits per heavy atom. The molecule has 4 nitrogen and oxygen atoms in total. The lowest BCUT2D eigenvalue weighted by atomic mass is 9.47. The van der Waals surface area contributed by atoms with Crippen molar-refractivity contribution in [3.05, 3.63) is 34.4 Å². The number of esters is 2. The average Bonchev–Trinajstić information content (AvgIpc) is 3.81. The summed E-state index contributed by atoms with van der Waals surface area (Å²) in [6.07, 6.45) is 44.2. The lowest BCUT2D eigenvalue weighted by Crippen LogP contribution is -2.50. The van der Waals surface area contributed by atoms with Gasteiger partial charge in [0.1, 0.15) is 12.2 Å². The summed E-state index contributed by atoms with van der Waals surface area (Å²) in [6.45, 7) is 18.7. The van der Waals surface area contributed by atoms with Gasteiger partial charge in [0.25, 0.3) is 0 Å². The van der Waals surface area contributed by atoms with Crippen LogP contribution < -0.4 is 0 Å². The van der Waals surface area contributed by atoms with Crippen LogP contribution in [0.3, 0.4) is 0 Å². The third-order valence-electron chi connectivity index (χ3n) is 22.0. The third-order valence-corrected chi connectivity index (χ3v) is 22.0. The fourth-order valence-electron chi connectivity index (χ4n) is 17.8. The van der Waals surface area contributed by atoms with Gasteiger partial charge < -0.3 is 9.47 Å². The van der Waals surface area contributed by atoms with Crippen LogP contribution in [0.25, 0.3) is 0 Å². The van der Waals surface area contributed by atoms with E-state index in [4.69, 9.17) is 9.47 Å². The summed E-state index contributed by atoms with van der Waals surface area (Å²) in [7, 11) is 0. The average molecular weight is 881 g/mol. The maximum absolute atomic E-state index is 13.7. The molecule has 0 bridgehead atoms. The van der Waals surface area contributed by atoms with E-state index in [2.05, 4.69) is 53.7 Å². The lowest BCUT2D eigenvalue weighted by Gasteiger charge is -2.58. The van der Waals surface area contributed by atoms with Crippen LogP contribution in [0.1, 0.15) is 248 Å². The van der Waals surface area contributed by atoms with E-state index in [1.807, 2.05) is 0 Å². The second-order valence-electron chi connectivity index (χ2n) is 25.1. The predicted octanol–water partition coefficient (Wildman–Crippen LogP) is 16.8. The van der Waals surface area contributed by atoms with Crippen LogP contribution in [0.5, 0.6) is 0 Å². The van der Waals surface area contributed by atoms with E-state index in [0.29, 0.717) is 22.0 Å². The van der Waals surface area contributed by atoms with Crippen LogP contribution in [-0.4, -0.2) is 24.1 Å². The fourth-order valence-corrected chi connectivity index (χ4v) is 17.8. The number of ether oxygens (including phenoxy) is 2. The van der Waals surface area contributed by atoms with E-state index in [9.17, 15) is 9.59 Å². The minimum atomic E-state index is -0.337. The molecule has 14 atom stereocenters. The van der Waals surface area contributed by atoms with Gasteiger partial charge in [0.2, 0.25) is 0 Å². The van der Waals surface area contributed by atoms with Gasteiger partial charge in [-0.1, -0.05) is 142 Å². The Morgan fingerprint density at radius 3 is 1.30 bits per heavy atom. The molecule has 0 spiro atoms. The molecule has 0 radical (unpaired) electrons. The van der Waals surface area contributed by atoms with E-state index >= 15 is 0 Å². The standard InChI is InChI=1S/C60H96O4/c1-9-11-13-15-17-19-21-43-25-29-51-49-27-23-45-39-47(31-35-59(45,7)53(49)33-37-57(43,51)5)63-55(61)41(3)42(4)56(62)64-48-32-36-60(8)46(40-48)24-28-50-52-30-26-44(22-20-18-16-14-12-10-2)58(52,6)38-34-54(50)60/h23-24,43-44,47-54H,9-22,25-40H2,1-8H3/b42-41+/t43-,44-,47-,48+,49-,50-,51-,52+,53-,54-,57+,58-,59-,60+/m0/s1. The van der Waals surface area contributed by atoms with Gasteiger partial charge in [0.05, 0.1) is 0 Å². The summed E-state index contributed by atoms with van der Waals surface area (Å²) in [5, 5.41) is 0. The third kappa shape index (κ3) is 9.34. The molecule has 8 rings (SSSR count). The predicted molar refractivity (Wildman–Crippen MR) is 265 cm³/mol. The van der Waals surface area contributed by atoms with Crippen LogP contribution in [0.4, 0.5) is 0 Å². The van der Waals surface area contributed by atoms with Crippen molar-refractivity contribution in [2.24, 2.45) is 69.0 Å². The number of hydrogen-bond acceptors (Lipinski definition) is 4. The molecule has 6 fully saturated rings. The summed E-state index contributed by atoms with van der Waals surface area (Å²) in [5.41, 5.74) is 5.43. The van der Waals surface area contributed by atoms with Gasteiger partial charge in [0.15, 0.2) is 0 Å². The topological polar surface area (TPSA) is 52.6 Å². The molecule has 0 aromatic carbocycles. The maximum atomic E-state index is 13.7. The van der Waals surface area contributed by atoms with Gasteiger partial charge >= 0.3 is 11.9 Å². The Morgan fingerprint density at radius 1 is 0.500 bits per heavy atom.